The minimum atomic E-state index is -2.08. The van der Waals surface area contributed by atoms with Gasteiger partial charge in [-0.2, -0.15) is 0 Å². The smallest absolute Gasteiger partial charge is 0 e. The predicted octanol–water partition coefficient (Wildman–Crippen LogP) is 4.23. The Balaban J connectivity index is 0.000001000. The Morgan fingerprint density at radius 3 is 1.45 bits per heavy atom. The fourth-order valence-corrected chi connectivity index (χ4v) is 10.7. The third-order valence-corrected chi connectivity index (χ3v) is 15.2. The van der Waals surface area contributed by atoms with E-state index in [0.717, 1.165) is 0 Å². The van der Waals surface area contributed by atoms with E-state index in [-0.39, 0.29) is 26.2 Å². The fraction of sp³-hybridized carbons (Fsp3) is 1.00. The normalized spacial score (nSPS) is 21.5. The molecule has 0 aliphatic heterocycles. The quantitative estimate of drug-likeness (QED) is 0.633. The van der Waals surface area contributed by atoms with Crippen molar-refractivity contribution in [2.24, 2.45) is 0 Å². The van der Waals surface area contributed by atoms with Crippen molar-refractivity contribution in [1.82, 2.24) is 0 Å². The van der Waals surface area contributed by atoms with Crippen LogP contribution in [0.5, 0.6) is 0 Å². The van der Waals surface area contributed by atoms with Gasteiger partial charge in [0.25, 0.3) is 0 Å². The van der Waals surface area contributed by atoms with Crippen molar-refractivity contribution in [2.75, 3.05) is 0 Å². The van der Waals surface area contributed by atoms with Crippen molar-refractivity contribution in [3.05, 3.63) is 0 Å². The molecule has 1 saturated carbocycles. The van der Waals surface area contributed by atoms with Gasteiger partial charge < -0.3 is 0 Å². The van der Waals surface area contributed by atoms with Crippen molar-refractivity contribution >= 4 is 0 Å². The first kappa shape index (κ1) is 12.5. The fourth-order valence-electron chi connectivity index (χ4n) is 2.64. The molecule has 1 aliphatic rings. The van der Waals surface area contributed by atoms with Crippen LogP contribution in [0, 0.1) is 0 Å². The maximum absolute atomic E-state index is 2.60. The van der Waals surface area contributed by atoms with Gasteiger partial charge in [0.15, 0.2) is 0 Å². The van der Waals surface area contributed by atoms with E-state index in [1.165, 1.54) is 17.4 Å². The first-order valence-electron chi connectivity index (χ1n) is 5.55. The summed E-state index contributed by atoms with van der Waals surface area (Å²) in [6.45, 7) is 0. The van der Waals surface area contributed by atoms with Crippen LogP contribution in [0.15, 0.2) is 0 Å². The molecule has 2 heteroatoms. The topological polar surface area (TPSA) is 0 Å². The van der Waals surface area contributed by atoms with Gasteiger partial charge in [0, 0.05) is 26.2 Å². The molecule has 11 heavy (non-hydrogen) atoms. The molecular formula is C9H21ZnZr. The monoisotopic (exact) mass is 283 g/mol. The molecule has 1 aliphatic carbocycles. The van der Waals surface area contributed by atoms with E-state index in [1.807, 2.05) is 0 Å². The SMILES string of the molecule is [CH3][Zn]([CH3])([CH3])([CH3])[CH]1CCCC1.[Zr]. The molecule has 1 rings (SSSR count). The molecular weight excluding hydrogens is 265 g/mol. The Kier molecular flexibility index (Phi) is 4.22. The Hall–Kier alpha value is 1.51. The van der Waals surface area contributed by atoms with Gasteiger partial charge in [-0.05, 0) is 0 Å². The Morgan fingerprint density at radius 1 is 0.909 bits per heavy atom. The van der Waals surface area contributed by atoms with E-state index in [1.54, 1.807) is 12.8 Å². The molecule has 0 unspecified atom stereocenters. The number of rotatable bonds is 1. The second-order valence-corrected chi connectivity index (χ2v) is 35.1. The van der Waals surface area contributed by atoms with Gasteiger partial charge in [-0.25, -0.2) is 0 Å². The number of hydrogen-bond donors (Lipinski definition) is 0. The Labute approximate surface area is 91.4 Å². The van der Waals surface area contributed by atoms with E-state index in [4.69, 9.17) is 0 Å². The molecule has 0 radical (unpaired) electrons. The molecule has 63 valence electrons. The third-order valence-electron chi connectivity index (χ3n) is 3.78. The largest absolute Gasteiger partial charge is 0 e. The molecule has 0 nitrogen and oxygen atoms in total. The molecule has 0 aromatic heterocycles. The minimum Gasteiger partial charge on any atom is 0 e. The molecule has 1 fully saturated rings. The third kappa shape index (κ3) is 3.82. The molecule has 0 heterocycles. The maximum atomic E-state index is 2.60. The van der Waals surface area contributed by atoms with E-state index in [9.17, 15) is 0 Å². The molecule has 0 bridgehead atoms. The molecule has 0 N–H and O–H groups in total. The maximum Gasteiger partial charge on any atom is 0 e. The second kappa shape index (κ2) is 3.71. The second-order valence-electron chi connectivity index (χ2n) is 8.03. The standard InChI is InChI=1S/C5H9.4CH3.Zn.Zr/c1-2-4-5-3-1;;;;;;/h1H,2-5H2;4*1H3;;. The van der Waals surface area contributed by atoms with E-state index < -0.39 is 13.6 Å². The zero-order valence-electron chi connectivity index (χ0n) is 8.61. The summed E-state index contributed by atoms with van der Waals surface area (Å²) >= 11 is -2.08. The van der Waals surface area contributed by atoms with Crippen LogP contribution < -0.4 is 0 Å². The molecule has 0 atom stereocenters. The van der Waals surface area contributed by atoms with Crippen LogP contribution in [-0.2, 0) is 39.8 Å². The van der Waals surface area contributed by atoms with Gasteiger partial charge in [-0.1, -0.05) is 0 Å². The average molecular weight is 286 g/mol. The van der Waals surface area contributed by atoms with Gasteiger partial charge >= 0.3 is 65.9 Å². The minimum absolute atomic E-state index is 0. The van der Waals surface area contributed by atoms with Crippen LogP contribution in [0.4, 0.5) is 0 Å². The molecule has 0 amide bonds. The van der Waals surface area contributed by atoms with Gasteiger partial charge in [0.2, 0.25) is 0 Å². The molecule has 0 aromatic rings. The molecule has 0 saturated heterocycles. The summed E-state index contributed by atoms with van der Waals surface area (Å²) in [7, 11) is 0. The van der Waals surface area contributed by atoms with Crippen LogP contribution in [0.25, 0.3) is 0 Å². The van der Waals surface area contributed by atoms with Crippen LogP contribution in [0.3, 0.4) is 0 Å². The first-order valence-corrected chi connectivity index (χ1v) is 19.1. The summed E-state index contributed by atoms with van der Waals surface area (Å²) in [6, 6.07) is 0. The van der Waals surface area contributed by atoms with Gasteiger partial charge in [-0.3, -0.25) is 0 Å². The zero-order chi connectivity index (χ0) is 7.85. The zero-order valence-corrected chi connectivity index (χ0v) is 14.0. The van der Waals surface area contributed by atoms with Crippen molar-refractivity contribution in [2.45, 2.75) is 52.3 Å². The van der Waals surface area contributed by atoms with E-state index >= 15 is 0 Å². The van der Waals surface area contributed by atoms with Crippen LogP contribution in [0.2, 0.25) is 26.6 Å². The van der Waals surface area contributed by atoms with Gasteiger partial charge in [0.1, 0.15) is 0 Å². The van der Waals surface area contributed by atoms with Gasteiger partial charge in [-0.15, -0.1) is 0 Å². The molecule has 0 spiro atoms. The van der Waals surface area contributed by atoms with Crippen LogP contribution >= 0.6 is 0 Å². The summed E-state index contributed by atoms with van der Waals surface area (Å²) < 4.78 is 1.17. The first-order chi connectivity index (χ1) is 4.36. The van der Waals surface area contributed by atoms with Crippen molar-refractivity contribution in [1.29, 1.82) is 0 Å². The van der Waals surface area contributed by atoms with Crippen LogP contribution in [0.1, 0.15) is 25.7 Å². The summed E-state index contributed by atoms with van der Waals surface area (Å²) in [6.07, 6.45) is 6.13. The summed E-state index contributed by atoms with van der Waals surface area (Å²) in [5.74, 6) is 0. The number of hydrogen-bond acceptors (Lipinski definition) is 0. The van der Waals surface area contributed by atoms with Crippen LogP contribution in [-0.4, -0.2) is 0 Å². The summed E-state index contributed by atoms with van der Waals surface area (Å²) in [5, 5.41) is 0. The average Bonchev–Trinajstić information content (AvgIpc) is 2.04. The predicted molar refractivity (Wildman–Crippen MR) is 45.7 cm³/mol. The van der Waals surface area contributed by atoms with Crippen molar-refractivity contribution < 1.29 is 39.8 Å². The van der Waals surface area contributed by atoms with Crippen molar-refractivity contribution in [3.63, 3.8) is 0 Å². The molecule has 0 aromatic carbocycles. The Bertz CT molecular complexity index is 119. The van der Waals surface area contributed by atoms with Gasteiger partial charge in [0.05, 0.1) is 0 Å². The summed E-state index contributed by atoms with van der Waals surface area (Å²) in [5.41, 5.74) is 10.4. The van der Waals surface area contributed by atoms with E-state index in [0.29, 0.717) is 0 Å². The Morgan fingerprint density at radius 2 is 1.27 bits per heavy atom. The van der Waals surface area contributed by atoms with Crippen molar-refractivity contribution in [3.8, 4) is 0 Å². The summed E-state index contributed by atoms with van der Waals surface area (Å²) in [4.78, 5) is 0. The van der Waals surface area contributed by atoms with E-state index in [2.05, 4.69) is 22.1 Å².